The van der Waals surface area contributed by atoms with Gasteiger partial charge in [0, 0.05) is 26.2 Å². The topological polar surface area (TPSA) is 44.8 Å². The smallest absolute Gasteiger partial charge is 0.305 e. The summed E-state index contributed by atoms with van der Waals surface area (Å²) in [5.41, 5.74) is 1.19. The maximum Gasteiger partial charge on any atom is 0.305 e. The lowest BCUT2D eigenvalue weighted by Gasteiger charge is -2.06. The number of unbranched alkanes of at least 4 members (excludes halogenated alkanes) is 1. The van der Waals surface area contributed by atoms with Crippen molar-refractivity contribution in [2.45, 2.75) is 45.6 Å². The summed E-state index contributed by atoms with van der Waals surface area (Å²) in [7, 11) is 0. The lowest BCUT2D eigenvalue weighted by Crippen LogP contribution is -2.08. The number of carbonyl (C=O) groups excluding carboxylic acids is 1. The second-order valence-corrected chi connectivity index (χ2v) is 5.18. The van der Waals surface area contributed by atoms with Crippen LogP contribution < -0.4 is 0 Å². The van der Waals surface area contributed by atoms with Crippen LogP contribution in [0.25, 0.3) is 0 Å². The highest BCUT2D eigenvalue weighted by molar-refractivity contribution is 5.69. The molecule has 0 aliphatic heterocycles. The number of rotatable bonds is 13. The van der Waals surface area contributed by atoms with Crippen LogP contribution >= 0.6 is 0 Å². The van der Waals surface area contributed by atoms with Gasteiger partial charge in [0.15, 0.2) is 0 Å². The number of benzene rings is 1. The standard InChI is InChI=1S/C18H28O4/c1-2-3-15-22-18(19)11-7-12-20-13-8-14-21-16-17-9-5-4-6-10-17/h4-6,9-10H,2-3,7-8,11-16H2,1H3. The van der Waals surface area contributed by atoms with E-state index in [-0.39, 0.29) is 5.97 Å². The molecule has 0 atom stereocenters. The van der Waals surface area contributed by atoms with Crippen molar-refractivity contribution in [2.75, 3.05) is 26.4 Å². The maximum atomic E-state index is 11.3. The van der Waals surface area contributed by atoms with Gasteiger partial charge in [-0.3, -0.25) is 4.79 Å². The van der Waals surface area contributed by atoms with Crippen LogP contribution in [0.4, 0.5) is 0 Å². The van der Waals surface area contributed by atoms with E-state index in [1.54, 1.807) is 0 Å². The first kappa shape index (κ1) is 18.7. The molecule has 0 N–H and O–H groups in total. The Morgan fingerprint density at radius 3 is 2.41 bits per heavy atom. The van der Waals surface area contributed by atoms with Crippen LogP contribution in [0.1, 0.15) is 44.6 Å². The molecule has 0 unspecified atom stereocenters. The minimum Gasteiger partial charge on any atom is -0.466 e. The summed E-state index contributed by atoms with van der Waals surface area (Å²) in [5, 5.41) is 0. The van der Waals surface area contributed by atoms with E-state index in [0.29, 0.717) is 39.5 Å². The molecular formula is C18H28O4. The van der Waals surface area contributed by atoms with Gasteiger partial charge in [0.05, 0.1) is 13.2 Å². The van der Waals surface area contributed by atoms with E-state index in [1.807, 2.05) is 18.2 Å². The lowest BCUT2D eigenvalue weighted by atomic mass is 10.2. The molecule has 0 heterocycles. The van der Waals surface area contributed by atoms with Gasteiger partial charge in [-0.1, -0.05) is 43.7 Å². The van der Waals surface area contributed by atoms with E-state index >= 15 is 0 Å². The SMILES string of the molecule is CCCCOC(=O)CCCOCCCOCc1ccccc1. The third-order valence-electron chi connectivity index (χ3n) is 3.12. The zero-order valence-corrected chi connectivity index (χ0v) is 13.6. The summed E-state index contributed by atoms with van der Waals surface area (Å²) in [4.78, 5) is 11.3. The molecule has 4 nitrogen and oxygen atoms in total. The van der Waals surface area contributed by atoms with Crippen molar-refractivity contribution in [1.29, 1.82) is 0 Å². The molecule has 0 spiro atoms. The van der Waals surface area contributed by atoms with Crippen molar-refractivity contribution < 1.29 is 19.0 Å². The minimum absolute atomic E-state index is 0.122. The summed E-state index contributed by atoms with van der Waals surface area (Å²) >= 11 is 0. The third kappa shape index (κ3) is 10.4. The van der Waals surface area contributed by atoms with Crippen LogP contribution in [0, 0.1) is 0 Å². The fourth-order valence-electron chi connectivity index (χ4n) is 1.85. The van der Waals surface area contributed by atoms with E-state index in [0.717, 1.165) is 25.7 Å². The van der Waals surface area contributed by atoms with Gasteiger partial charge in [0.2, 0.25) is 0 Å². The maximum absolute atomic E-state index is 11.3. The molecule has 0 aromatic heterocycles. The molecule has 4 heteroatoms. The molecular weight excluding hydrogens is 280 g/mol. The third-order valence-corrected chi connectivity index (χ3v) is 3.12. The molecule has 1 aromatic carbocycles. The summed E-state index contributed by atoms with van der Waals surface area (Å²) < 4.78 is 16.1. The number of ether oxygens (including phenoxy) is 3. The van der Waals surface area contributed by atoms with Gasteiger partial charge in [-0.25, -0.2) is 0 Å². The molecule has 124 valence electrons. The highest BCUT2D eigenvalue weighted by Gasteiger charge is 2.01. The van der Waals surface area contributed by atoms with Gasteiger partial charge in [0.1, 0.15) is 0 Å². The highest BCUT2D eigenvalue weighted by Crippen LogP contribution is 2.01. The first-order chi connectivity index (χ1) is 10.8. The second kappa shape index (κ2) is 13.3. The Kier molecular flexibility index (Phi) is 11.3. The van der Waals surface area contributed by atoms with Gasteiger partial charge in [0.25, 0.3) is 0 Å². The normalized spacial score (nSPS) is 10.6. The van der Waals surface area contributed by atoms with Crippen molar-refractivity contribution in [3.05, 3.63) is 35.9 Å². The predicted octanol–water partition coefficient (Wildman–Crippen LogP) is 3.73. The van der Waals surface area contributed by atoms with E-state index in [1.165, 1.54) is 5.56 Å². The molecule has 1 aromatic rings. The molecule has 0 bridgehead atoms. The van der Waals surface area contributed by atoms with Crippen molar-refractivity contribution in [1.82, 2.24) is 0 Å². The van der Waals surface area contributed by atoms with Crippen molar-refractivity contribution in [3.8, 4) is 0 Å². The largest absolute Gasteiger partial charge is 0.466 e. The summed E-state index contributed by atoms with van der Waals surface area (Å²) in [6.45, 7) is 5.21. The Hall–Kier alpha value is -1.39. The molecule has 22 heavy (non-hydrogen) atoms. The second-order valence-electron chi connectivity index (χ2n) is 5.18. The molecule has 1 rings (SSSR count). The van der Waals surface area contributed by atoms with Gasteiger partial charge in [-0.2, -0.15) is 0 Å². The number of hydrogen-bond acceptors (Lipinski definition) is 4. The van der Waals surface area contributed by atoms with Gasteiger partial charge < -0.3 is 14.2 Å². The van der Waals surface area contributed by atoms with Crippen LogP contribution in [-0.2, 0) is 25.6 Å². The Morgan fingerprint density at radius 2 is 1.64 bits per heavy atom. The van der Waals surface area contributed by atoms with Gasteiger partial charge >= 0.3 is 5.97 Å². The quantitative estimate of drug-likeness (QED) is 0.411. The Balaban J connectivity index is 1.82. The molecule has 0 saturated heterocycles. The van der Waals surface area contributed by atoms with Crippen molar-refractivity contribution in [2.24, 2.45) is 0 Å². The van der Waals surface area contributed by atoms with E-state index < -0.39 is 0 Å². The Labute approximate surface area is 133 Å². The number of esters is 1. The Morgan fingerprint density at radius 1 is 0.909 bits per heavy atom. The molecule has 0 radical (unpaired) electrons. The van der Waals surface area contributed by atoms with Crippen molar-refractivity contribution >= 4 is 5.97 Å². The first-order valence-corrected chi connectivity index (χ1v) is 8.18. The average molecular weight is 308 g/mol. The molecule has 0 amide bonds. The summed E-state index contributed by atoms with van der Waals surface area (Å²) in [5.74, 6) is -0.122. The monoisotopic (exact) mass is 308 g/mol. The van der Waals surface area contributed by atoms with Crippen LogP contribution in [0.3, 0.4) is 0 Å². The lowest BCUT2D eigenvalue weighted by molar-refractivity contribution is -0.144. The van der Waals surface area contributed by atoms with Crippen LogP contribution in [0.5, 0.6) is 0 Å². The molecule has 0 aliphatic carbocycles. The van der Waals surface area contributed by atoms with E-state index in [2.05, 4.69) is 19.1 Å². The van der Waals surface area contributed by atoms with Crippen LogP contribution in [-0.4, -0.2) is 32.4 Å². The Bertz CT molecular complexity index is 378. The predicted molar refractivity (Wildman–Crippen MR) is 86.6 cm³/mol. The average Bonchev–Trinajstić information content (AvgIpc) is 2.54. The highest BCUT2D eigenvalue weighted by atomic mass is 16.5. The minimum atomic E-state index is -0.122. The van der Waals surface area contributed by atoms with Crippen LogP contribution in [0.2, 0.25) is 0 Å². The van der Waals surface area contributed by atoms with E-state index in [9.17, 15) is 4.79 Å². The molecule has 0 saturated carbocycles. The molecule has 0 aliphatic rings. The summed E-state index contributed by atoms with van der Waals surface area (Å²) in [6, 6.07) is 10.1. The fraction of sp³-hybridized carbons (Fsp3) is 0.611. The molecule has 0 fully saturated rings. The van der Waals surface area contributed by atoms with Gasteiger partial charge in [-0.05, 0) is 24.8 Å². The number of carbonyl (C=O) groups is 1. The number of hydrogen-bond donors (Lipinski definition) is 0. The van der Waals surface area contributed by atoms with Crippen molar-refractivity contribution in [3.63, 3.8) is 0 Å². The van der Waals surface area contributed by atoms with Gasteiger partial charge in [-0.15, -0.1) is 0 Å². The fourth-order valence-corrected chi connectivity index (χ4v) is 1.85. The zero-order valence-electron chi connectivity index (χ0n) is 13.6. The first-order valence-electron chi connectivity index (χ1n) is 8.18. The van der Waals surface area contributed by atoms with E-state index in [4.69, 9.17) is 14.2 Å². The summed E-state index contributed by atoms with van der Waals surface area (Å²) in [6.07, 6.45) is 4.01. The van der Waals surface area contributed by atoms with Crippen LogP contribution in [0.15, 0.2) is 30.3 Å². The zero-order chi connectivity index (χ0) is 15.9.